The molecular weight excluding hydrogens is 304 g/mol. The maximum atomic E-state index is 11.4. The first-order valence-electron chi connectivity index (χ1n) is 5.47. The Morgan fingerprint density at radius 3 is 2.74 bits per heavy atom. The minimum atomic E-state index is -3.69. The molecule has 0 amide bonds. The summed E-state index contributed by atoms with van der Waals surface area (Å²) in [5, 5.41) is 10.9. The largest absolute Gasteiger partial charge is 0.380 e. The standard InChI is InChI=1S/C12H13ClN2O2S2/c1-8-11(3-2-4-12(8)19(14,16)17)15-6-10-5-9(13)7-18-10/h2-5,7,15H,6H2,1H3,(H2,14,16,17). The lowest BCUT2D eigenvalue weighted by Gasteiger charge is -2.11. The van der Waals surface area contributed by atoms with Crippen LogP contribution in [-0.2, 0) is 16.6 Å². The Balaban J connectivity index is 2.22. The summed E-state index contributed by atoms with van der Waals surface area (Å²) < 4.78 is 22.8. The number of nitrogens with two attached hydrogens (primary N) is 1. The van der Waals surface area contributed by atoms with Crippen molar-refractivity contribution >= 4 is 38.6 Å². The first kappa shape index (κ1) is 14.3. The molecule has 19 heavy (non-hydrogen) atoms. The zero-order valence-electron chi connectivity index (χ0n) is 10.2. The van der Waals surface area contributed by atoms with Crippen LogP contribution in [0, 0.1) is 6.92 Å². The topological polar surface area (TPSA) is 72.2 Å². The van der Waals surface area contributed by atoms with Gasteiger partial charge in [0.05, 0.1) is 9.92 Å². The van der Waals surface area contributed by atoms with E-state index >= 15 is 0 Å². The maximum Gasteiger partial charge on any atom is 0.238 e. The van der Waals surface area contributed by atoms with Crippen molar-refractivity contribution in [2.75, 3.05) is 5.32 Å². The van der Waals surface area contributed by atoms with Crippen LogP contribution in [0.2, 0.25) is 5.02 Å². The van der Waals surface area contributed by atoms with E-state index in [1.807, 2.05) is 17.5 Å². The molecule has 0 saturated heterocycles. The highest BCUT2D eigenvalue weighted by Gasteiger charge is 2.13. The Kier molecular flexibility index (Phi) is 4.15. The highest BCUT2D eigenvalue weighted by Crippen LogP contribution is 2.24. The predicted molar refractivity (Wildman–Crippen MR) is 79.2 cm³/mol. The molecule has 1 aromatic heterocycles. The summed E-state index contributed by atoms with van der Waals surface area (Å²) in [5.74, 6) is 0. The minimum Gasteiger partial charge on any atom is -0.380 e. The smallest absolute Gasteiger partial charge is 0.238 e. The molecule has 0 aliphatic rings. The van der Waals surface area contributed by atoms with Crippen molar-refractivity contribution in [1.82, 2.24) is 0 Å². The van der Waals surface area contributed by atoms with Gasteiger partial charge in [0, 0.05) is 22.5 Å². The van der Waals surface area contributed by atoms with Crippen LogP contribution in [0.3, 0.4) is 0 Å². The fourth-order valence-corrected chi connectivity index (χ4v) is 3.56. The number of anilines is 1. The van der Waals surface area contributed by atoms with Gasteiger partial charge in [-0.25, -0.2) is 13.6 Å². The Hall–Kier alpha value is -1.08. The normalized spacial score (nSPS) is 11.5. The molecule has 7 heteroatoms. The first-order chi connectivity index (χ1) is 8.88. The highest BCUT2D eigenvalue weighted by atomic mass is 35.5. The summed E-state index contributed by atoms with van der Waals surface area (Å²) >= 11 is 7.39. The van der Waals surface area contributed by atoms with Crippen molar-refractivity contribution in [1.29, 1.82) is 0 Å². The molecule has 4 nitrogen and oxygen atoms in total. The molecular formula is C12H13ClN2O2S2. The summed E-state index contributed by atoms with van der Waals surface area (Å²) in [6.45, 7) is 2.32. The molecule has 1 heterocycles. The Bertz CT molecular complexity index is 696. The van der Waals surface area contributed by atoms with Crippen LogP contribution in [-0.4, -0.2) is 8.42 Å². The zero-order valence-corrected chi connectivity index (χ0v) is 12.6. The number of benzene rings is 1. The molecule has 0 aliphatic heterocycles. The Morgan fingerprint density at radius 2 is 2.16 bits per heavy atom. The maximum absolute atomic E-state index is 11.4. The van der Waals surface area contributed by atoms with E-state index < -0.39 is 10.0 Å². The number of nitrogens with one attached hydrogen (secondary N) is 1. The van der Waals surface area contributed by atoms with Crippen LogP contribution in [0.5, 0.6) is 0 Å². The lowest BCUT2D eigenvalue weighted by molar-refractivity contribution is 0.597. The Labute approximate surface area is 121 Å². The molecule has 1 aromatic carbocycles. The molecule has 0 fully saturated rings. The van der Waals surface area contributed by atoms with Gasteiger partial charge in [-0.1, -0.05) is 17.7 Å². The van der Waals surface area contributed by atoms with E-state index in [9.17, 15) is 8.42 Å². The average Bonchev–Trinajstić information content (AvgIpc) is 2.72. The summed E-state index contributed by atoms with van der Waals surface area (Å²) in [7, 11) is -3.69. The zero-order chi connectivity index (χ0) is 14.0. The van der Waals surface area contributed by atoms with Gasteiger partial charge < -0.3 is 5.32 Å². The van der Waals surface area contributed by atoms with Crippen molar-refractivity contribution in [2.45, 2.75) is 18.4 Å². The molecule has 0 unspecified atom stereocenters. The number of hydrogen-bond acceptors (Lipinski definition) is 4. The fourth-order valence-electron chi connectivity index (χ4n) is 1.74. The third kappa shape index (κ3) is 3.48. The molecule has 0 aliphatic carbocycles. The molecule has 0 atom stereocenters. The quantitative estimate of drug-likeness (QED) is 0.911. The van der Waals surface area contributed by atoms with Crippen LogP contribution in [0.4, 0.5) is 5.69 Å². The second-order valence-corrected chi connectivity index (χ2v) is 7.02. The van der Waals surface area contributed by atoms with Gasteiger partial charge in [-0.15, -0.1) is 11.3 Å². The van der Waals surface area contributed by atoms with Crippen LogP contribution in [0.1, 0.15) is 10.4 Å². The van der Waals surface area contributed by atoms with Crippen LogP contribution < -0.4 is 10.5 Å². The third-order valence-corrected chi connectivity index (χ3v) is 5.01. The SMILES string of the molecule is Cc1c(NCc2cc(Cl)cs2)cccc1S(N)(=O)=O. The van der Waals surface area contributed by atoms with Gasteiger partial charge >= 0.3 is 0 Å². The summed E-state index contributed by atoms with van der Waals surface area (Å²) in [6, 6.07) is 6.85. The summed E-state index contributed by atoms with van der Waals surface area (Å²) in [6.07, 6.45) is 0. The lowest BCUT2D eigenvalue weighted by atomic mass is 10.2. The van der Waals surface area contributed by atoms with Gasteiger partial charge in [0.2, 0.25) is 10.0 Å². The molecule has 2 rings (SSSR count). The van der Waals surface area contributed by atoms with E-state index in [4.69, 9.17) is 16.7 Å². The van der Waals surface area contributed by atoms with Crippen molar-refractivity contribution in [2.24, 2.45) is 5.14 Å². The monoisotopic (exact) mass is 316 g/mol. The summed E-state index contributed by atoms with van der Waals surface area (Å²) in [5.41, 5.74) is 1.36. The second-order valence-electron chi connectivity index (χ2n) is 4.06. The molecule has 0 spiro atoms. The van der Waals surface area contributed by atoms with Crippen molar-refractivity contribution in [3.8, 4) is 0 Å². The molecule has 3 N–H and O–H groups in total. The number of primary sulfonamides is 1. The molecule has 102 valence electrons. The van der Waals surface area contributed by atoms with E-state index in [2.05, 4.69) is 5.32 Å². The van der Waals surface area contributed by atoms with E-state index in [0.717, 1.165) is 10.6 Å². The van der Waals surface area contributed by atoms with Gasteiger partial charge in [0.1, 0.15) is 0 Å². The molecule has 0 bridgehead atoms. The number of rotatable bonds is 4. The number of halogens is 1. The predicted octanol–water partition coefficient (Wildman–Crippen LogP) is 2.97. The van der Waals surface area contributed by atoms with Crippen molar-refractivity contribution in [3.05, 3.63) is 45.1 Å². The average molecular weight is 317 g/mol. The van der Waals surface area contributed by atoms with Crippen molar-refractivity contribution < 1.29 is 8.42 Å². The molecule has 2 aromatic rings. The lowest BCUT2D eigenvalue weighted by Crippen LogP contribution is -2.14. The van der Waals surface area contributed by atoms with Crippen LogP contribution >= 0.6 is 22.9 Å². The van der Waals surface area contributed by atoms with Gasteiger partial charge in [-0.2, -0.15) is 0 Å². The van der Waals surface area contributed by atoms with E-state index in [-0.39, 0.29) is 4.90 Å². The second kappa shape index (κ2) is 5.50. The number of hydrogen-bond donors (Lipinski definition) is 2. The van der Waals surface area contributed by atoms with E-state index in [1.165, 1.54) is 6.07 Å². The molecule has 0 radical (unpaired) electrons. The van der Waals surface area contributed by atoms with Crippen LogP contribution in [0.15, 0.2) is 34.5 Å². The van der Waals surface area contributed by atoms with Gasteiger partial charge in [0.15, 0.2) is 0 Å². The third-order valence-electron chi connectivity index (χ3n) is 2.67. The number of sulfonamides is 1. The van der Waals surface area contributed by atoms with Crippen LogP contribution in [0.25, 0.3) is 0 Å². The Morgan fingerprint density at radius 1 is 1.42 bits per heavy atom. The van der Waals surface area contributed by atoms with Crippen molar-refractivity contribution in [3.63, 3.8) is 0 Å². The van der Waals surface area contributed by atoms with Gasteiger partial charge in [-0.3, -0.25) is 0 Å². The van der Waals surface area contributed by atoms with Gasteiger partial charge in [-0.05, 0) is 30.7 Å². The van der Waals surface area contributed by atoms with Gasteiger partial charge in [0.25, 0.3) is 0 Å². The fraction of sp³-hybridized carbons (Fsp3) is 0.167. The molecule has 0 saturated carbocycles. The number of thiophene rings is 1. The first-order valence-corrected chi connectivity index (χ1v) is 8.27. The van der Waals surface area contributed by atoms with E-state index in [0.29, 0.717) is 17.1 Å². The highest BCUT2D eigenvalue weighted by molar-refractivity contribution is 7.89. The minimum absolute atomic E-state index is 0.140. The summed E-state index contributed by atoms with van der Waals surface area (Å²) in [4.78, 5) is 1.21. The van der Waals surface area contributed by atoms with E-state index in [1.54, 1.807) is 24.3 Å².